The summed E-state index contributed by atoms with van der Waals surface area (Å²) in [5.74, 6) is 1.54. The van der Waals surface area contributed by atoms with Gasteiger partial charge in [-0.15, -0.1) is 11.3 Å². The maximum atomic E-state index is 4.49. The van der Waals surface area contributed by atoms with Gasteiger partial charge in [0.15, 0.2) is 5.96 Å². The van der Waals surface area contributed by atoms with Gasteiger partial charge in [0, 0.05) is 50.6 Å². The van der Waals surface area contributed by atoms with Gasteiger partial charge in [-0.25, -0.2) is 4.98 Å². The normalized spacial score (nSPS) is 23.3. The summed E-state index contributed by atoms with van der Waals surface area (Å²) in [5.41, 5.74) is 1.16. The first-order chi connectivity index (χ1) is 10.5. The van der Waals surface area contributed by atoms with Crippen LogP contribution in [0.1, 0.15) is 31.5 Å². The van der Waals surface area contributed by atoms with Crippen LogP contribution in [0.15, 0.2) is 10.4 Å². The monoisotopic (exact) mass is 323 g/mol. The molecule has 1 fully saturated rings. The molecule has 6 heteroatoms. The summed E-state index contributed by atoms with van der Waals surface area (Å²) in [5, 5.41) is 10.2. The Labute approximate surface area is 138 Å². The summed E-state index contributed by atoms with van der Waals surface area (Å²) in [7, 11) is 1.84. The van der Waals surface area contributed by atoms with Crippen LogP contribution in [0, 0.1) is 12.8 Å². The molecule has 5 nitrogen and oxygen atoms in total. The van der Waals surface area contributed by atoms with Gasteiger partial charge in [-0.05, 0) is 26.7 Å². The molecule has 0 amide bonds. The van der Waals surface area contributed by atoms with E-state index in [0.717, 1.165) is 42.7 Å². The van der Waals surface area contributed by atoms with Crippen LogP contribution < -0.4 is 10.6 Å². The van der Waals surface area contributed by atoms with Gasteiger partial charge in [0.25, 0.3) is 0 Å². The molecule has 2 heterocycles. The molecule has 0 spiro atoms. The highest BCUT2D eigenvalue weighted by Gasteiger charge is 2.31. The highest BCUT2D eigenvalue weighted by Crippen LogP contribution is 2.18. The predicted octanol–water partition coefficient (Wildman–Crippen LogP) is 1.89. The van der Waals surface area contributed by atoms with Crippen molar-refractivity contribution >= 4 is 17.3 Å². The molecular weight excluding hydrogens is 294 g/mol. The largest absolute Gasteiger partial charge is 0.356 e. The zero-order chi connectivity index (χ0) is 16.1. The number of aliphatic imine (C=N–C) groups is 1. The number of hydrogen-bond acceptors (Lipinski definition) is 4. The van der Waals surface area contributed by atoms with Gasteiger partial charge in [0.05, 0.1) is 10.7 Å². The molecule has 1 aromatic rings. The van der Waals surface area contributed by atoms with Crippen molar-refractivity contribution in [3.05, 3.63) is 16.1 Å². The third kappa shape index (κ3) is 4.68. The van der Waals surface area contributed by atoms with E-state index in [1.807, 2.05) is 14.0 Å². The molecule has 1 aliphatic rings. The van der Waals surface area contributed by atoms with Crippen LogP contribution in [0.3, 0.4) is 0 Å². The number of nitrogens with zero attached hydrogens (tertiary/aromatic N) is 3. The molecule has 1 aliphatic heterocycles. The average Bonchev–Trinajstić information content (AvgIpc) is 3.04. The topological polar surface area (TPSA) is 52.6 Å². The molecule has 2 unspecified atom stereocenters. The van der Waals surface area contributed by atoms with Crippen molar-refractivity contribution in [1.82, 2.24) is 20.5 Å². The van der Waals surface area contributed by atoms with Gasteiger partial charge in [-0.3, -0.25) is 9.89 Å². The van der Waals surface area contributed by atoms with E-state index in [9.17, 15) is 0 Å². The van der Waals surface area contributed by atoms with Crippen LogP contribution in [-0.2, 0) is 6.42 Å². The van der Waals surface area contributed by atoms with E-state index < -0.39 is 0 Å². The minimum Gasteiger partial charge on any atom is -0.356 e. The molecule has 0 radical (unpaired) electrons. The van der Waals surface area contributed by atoms with Crippen LogP contribution in [-0.4, -0.2) is 54.6 Å². The summed E-state index contributed by atoms with van der Waals surface area (Å²) in [6, 6.07) is 1.08. The molecule has 0 saturated carbocycles. The lowest BCUT2D eigenvalue weighted by atomic mass is 10.1. The second-order valence-corrected chi connectivity index (χ2v) is 7.44. The van der Waals surface area contributed by atoms with Crippen molar-refractivity contribution in [2.24, 2.45) is 10.9 Å². The first-order valence-corrected chi connectivity index (χ1v) is 8.99. The summed E-state index contributed by atoms with van der Waals surface area (Å²) >= 11 is 1.71. The minimum absolute atomic E-state index is 0.468. The molecule has 22 heavy (non-hydrogen) atoms. The van der Waals surface area contributed by atoms with Gasteiger partial charge >= 0.3 is 0 Å². The van der Waals surface area contributed by atoms with Crippen molar-refractivity contribution in [2.45, 2.75) is 46.2 Å². The van der Waals surface area contributed by atoms with Crippen molar-refractivity contribution in [3.8, 4) is 0 Å². The maximum Gasteiger partial charge on any atom is 0.191 e. The highest BCUT2D eigenvalue weighted by atomic mass is 32.1. The Bertz CT molecular complexity index is 496. The van der Waals surface area contributed by atoms with Crippen molar-refractivity contribution < 1.29 is 0 Å². The molecule has 2 rings (SSSR count). The first-order valence-electron chi connectivity index (χ1n) is 8.11. The van der Waals surface area contributed by atoms with Crippen LogP contribution in [0.25, 0.3) is 0 Å². The maximum absolute atomic E-state index is 4.49. The molecule has 0 aliphatic carbocycles. The first kappa shape index (κ1) is 17.2. The fraction of sp³-hybridized carbons (Fsp3) is 0.750. The number of thiazole rings is 1. The van der Waals surface area contributed by atoms with Crippen LogP contribution >= 0.6 is 11.3 Å². The molecule has 2 atom stereocenters. The van der Waals surface area contributed by atoms with Gasteiger partial charge in [0.2, 0.25) is 0 Å². The van der Waals surface area contributed by atoms with Crippen molar-refractivity contribution in [3.63, 3.8) is 0 Å². The van der Waals surface area contributed by atoms with Crippen molar-refractivity contribution in [1.29, 1.82) is 0 Å². The lowest BCUT2D eigenvalue weighted by Gasteiger charge is -2.21. The Morgan fingerprint density at radius 3 is 2.82 bits per heavy atom. The molecule has 1 aromatic heterocycles. The fourth-order valence-electron chi connectivity index (χ4n) is 2.82. The number of likely N-dealkylation sites (tertiary alicyclic amines) is 1. The van der Waals surface area contributed by atoms with E-state index in [-0.39, 0.29) is 0 Å². The fourth-order valence-corrected chi connectivity index (χ4v) is 3.46. The second kappa shape index (κ2) is 7.92. The van der Waals surface area contributed by atoms with E-state index in [1.165, 1.54) is 0 Å². The number of rotatable bonds is 5. The van der Waals surface area contributed by atoms with E-state index in [2.05, 4.69) is 51.7 Å². The number of guanidine groups is 1. The van der Waals surface area contributed by atoms with Crippen molar-refractivity contribution in [2.75, 3.05) is 26.7 Å². The molecule has 124 valence electrons. The molecular formula is C16H29N5S. The predicted molar refractivity (Wildman–Crippen MR) is 94.7 cm³/mol. The standard InChI is InChI=1S/C16H29N5S/c1-11(2)21-8-12(3)15(9-21)20-16(17-5)18-7-6-14-10-22-13(4)19-14/h10-12,15H,6-9H2,1-5H3,(H2,17,18,20). The Hall–Kier alpha value is -1.14. The third-order valence-electron chi connectivity index (χ3n) is 4.26. The number of hydrogen-bond donors (Lipinski definition) is 2. The third-order valence-corrected chi connectivity index (χ3v) is 5.08. The van der Waals surface area contributed by atoms with E-state index in [4.69, 9.17) is 0 Å². The number of aryl methyl sites for hydroxylation is 1. The number of aromatic nitrogens is 1. The van der Waals surface area contributed by atoms with Crippen LogP contribution in [0.4, 0.5) is 0 Å². The summed E-state index contributed by atoms with van der Waals surface area (Å²) < 4.78 is 0. The van der Waals surface area contributed by atoms with E-state index in [0.29, 0.717) is 18.0 Å². The van der Waals surface area contributed by atoms with Gasteiger partial charge < -0.3 is 10.6 Å². The van der Waals surface area contributed by atoms with E-state index >= 15 is 0 Å². The van der Waals surface area contributed by atoms with Crippen LogP contribution in [0.2, 0.25) is 0 Å². The second-order valence-electron chi connectivity index (χ2n) is 6.38. The SMILES string of the molecule is CN=C(NCCc1csc(C)n1)NC1CN(C(C)C)CC1C. The average molecular weight is 324 g/mol. The van der Waals surface area contributed by atoms with Crippen LogP contribution in [0.5, 0.6) is 0 Å². The molecule has 2 N–H and O–H groups in total. The van der Waals surface area contributed by atoms with Gasteiger partial charge in [-0.1, -0.05) is 6.92 Å². The smallest absolute Gasteiger partial charge is 0.191 e. The lowest BCUT2D eigenvalue weighted by Crippen LogP contribution is -2.47. The number of nitrogens with one attached hydrogen (secondary N) is 2. The Balaban J connectivity index is 1.77. The summed E-state index contributed by atoms with van der Waals surface area (Å²) in [6.07, 6.45) is 0.934. The Morgan fingerprint density at radius 2 is 2.27 bits per heavy atom. The summed E-state index contributed by atoms with van der Waals surface area (Å²) in [6.45, 7) is 12.0. The molecule has 0 bridgehead atoms. The zero-order valence-electron chi connectivity index (χ0n) is 14.4. The molecule has 0 aromatic carbocycles. The van der Waals surface area contributed by atoms with Gasteiger partial charge in [0.1, 0.15) is 0 Å². The quantitative estimate of drug-likeness (QED) is 0.642. The van der Waals surface area contributed by atoms with Gasteiger partial charge in [-0.2, -0.15) is 0 Å². The highest BCUT2D eigenvalue weighted by molar-refractivity contribution is 7.09. The lowest BCUT2D eigenvalue weighted by molar-refractivity contribution is 0.265. The minimum atomic E-state index is 0.468. The Morgan fingerprint density at radius 1 is 1.50 bits per heavy atom. The van der Waals surface area contributed by atoms with E-state index in [1.54, 1.807) is 11.3 Å². The zero-order valence-corrected chi connectivity index (χ0v) is 15.2. The molecule has 1 saturated heterocycles. The summed E-state index contributed by atoms with van der Waals surface area (Å²) in [4.78, 5) is 11.4. The Kier molecular flexibility index (Phi) is 6.20.